The second-order valence-electron chi connectivity index (χ2n) is 6.49. The quantitative estimate of drug-likeness (QED) is 0.825. The molecule has 3 atom stereocenters. The molecule has 2 amide bonds. The lowest BCUT2D eigenvalue weighted by Crippen LogP contribution is -2.57. The van der Waals surface area contributed by atoms with Crippen molar-refractivity contribution < 1.29 is 14.7 Å². The van der Waals surface area contributed by atoms with Gasteiger partial charge in [-0.15, -0.1) is 0 Å². The summed E-state index contributed by atoms with van der Waals surface area (Å²) in [6, 6.07) is 0.476. The molecule has 2 rings (SSSR count). The normalized spacial score (nSPS) is 28.6. The SMILES string of the molecule is CC1CN(C(=O)N2CC(C(C)C(=O)O)C2)CC1N(C)C. The smallest absolute Gasteiger partial charge is 0.320 e. The van der Waals surface area contributed by atoms with Crippen LogP contribution in [0.1, 0.15) is 13.8 Å². The van der Waals surface area contributed by atoms with Crippen molar-refractivity contribution in [3.05, 3.63) is 0 Å². The number of rotatable bonds is 3. The lowest BCUT2D eigenvalue weighted by atomic mass is 9.87. The van der Waals surface area contributed by atoms with Crippen molar-refractivity contribution in [2.24, 2.45) is 17.8 Å². The fraction of sp³-hybridized carbons (Fsp3) is 0.857. The number of carbonyl (C=O) groups is 2. The summed E-state index contributed by atoms with van der Waals surface area (Å²) in [5, 5.41) is 8.96. The molecule has 0 bridgehead atoms. The van der Waals surface area contributed by atoms with Crippen molar-refractivity contribution in [1.29, 1.82) is 0 Å². The van der Waals surface area contributed by atoms with Gasteiger partial charge in [0.05, 0.1) is 5.92 Å². The van der Waals surface area contributed by atoms with Crippen molar-refractivity contribution in [2.75, 3.05) is 40.3 Å². The number of likely N-dealkylation sites (tertiary alicyclic amines) is 2. The number of hydrogen-bond donors (Lipinski definition) is 1. The Morgan fingerprint density at radius 2 is 1.70 bits per heavy atom. The number of likely N-dealkylation sites (N-methyl/N-ethyl adjacent to an activating group) is 1. The number of urea groups is 1. The molecule has 6 heteroatoms. The van der Waals surface area contributed by atoms with E-state index in [2.05, 4.69) is 11.8 Å². The summed E-state index contributed by atoms with van der Waals surface area (Å²) in [5.74, 6) is -0.569. The summed E-state index contributed by atoms with van der Waals surface area (Å²) in [5.41, 5.74) is 0. The van der Waals surface area contributed by atoms with Crippen LogP contribution in [0.15, 0.2) is 0 Å². The van der Waals surface area contributed by atoms with Crippen LogP contribution in [-0.2, 0) is 4.79 Å². The summed E-state index contributed by atoms with van der Waals surface area (Å²) in [6.45, 7) is 6.59. The van der Waals surface area contributed by atoms with Gasteiger partial charge >= 0.3 is 12.0 Å². The number of carboxylic acids is 1. The summed E-state index contributed by atoms with van der Waals surface area (Å²) in [4.78, 5) is 29.1. The fourth-order valence-corrected chi connectivity index (χ4v) is 3.16. The Labute approximate surface area is 120 Å². The van der Waals surface area contributed by atoms with E-state index in [0.717, 1.165) is 13.1 Å². The molecule has 0 aromatic rings. The van der Waals surface area contributed by atoms with Gasteiger partial charge in [-0.25, -0.2) is 4.79 Å². The number of aliphatic carboxylic acids is 1. The molecule has 0 aromatic heterocycles. The third kappa shape index (κ3) is 2.75. The Bertz CT molecular complexity index is 393. The topological polar surface area (TPSA) is 64.1 Å². The Hall–Kier alpha value is -1.30. The predicted molar refractivity (Wildman–Crippen MR) is 75.5 cm³/mol. The van der Waals surface area contributed by atoms with E-state index in [1.807, 2.05) is 19.0 Å². The molecule has 2 fully saturated rings. The number of nitrogens with zero attached hydrogens (tertiary/aromatic N) is 3. The molecule has 0 radical (unpaired) electrons. The molecule has 2 saturated heterocycles. The summed E-state index contributed by atoms with van der Waals surface area (Å²) >= 11 is 0. The van der Waals surface area contributed by atoms with Crippen molar-refractivity contribution in [3.8, 4) is 0 Å². The van der Waals surface area contributed by atoms with Gasteiger partial charge < -0.3 is 19.8 Å². The molecule has 0 saturated carbocycles. The highest BCUT2D eigenvalue weighted by molar-refractivity contribution is 5.76. The molecule has 0 spiro atoms. The van der Waals surface area contributed by atoms with Gasteiger partial charge in [0, 0.05) is 38.1 Å². The molecule has 2 aliphatic rings. The van der Waals surface area contributed by atoms with Gasteiger partial charge in [0.1, 0.15) is 0 Å². The van der Waals surface area contributed by atoms with E-state index >= 15 is 0 Å². The maximum absolute atomic E-state index is 12.4. The van der Waals surface area contributed by atoms with E-state index in [1.54, 1.807) is 11.8 Å². The standard InChI is InChI=1S/C14H25N3O3/c1-9-5-16(8-12(9)15(3)4)14(20)17-6-11(7-17)10(2)13(18)19/h9-12H,5-8H2,1-4H3,(H,18,19). The van der Waals surface area contributed by atoms with Crippen LogP contribution in [0.3, 0.4) is 0 Å². The molecule has 2 aliphatic heterocycles. The Balaban J connectivity index is 1.85. The Kier molecular flexibility index (Phi) is 4.22. The number of carbonyl (C=O) groups excluding carboxylic acids is 1. The van der Waals surface area contributed by atoms with Crippen LogP contribution >= 0.6 is 0 Å². The first-order chi connectivity index (χ1) is 9.31. The summed E-state index contributed by atoms with van der Waals surface area (Å²) in [6.07, 6.45) is 0. The van der Waals surface area contributed by atoms with Crippen LogP contribution in [0.2, 0.25) is 0 Å². The molecule has 3 unspecified atom stereocenters. The number of hydrogen-bond acceptors (Lipinski definition) is 3. The fourth-order valence-electron chi connectivity index (χ4n) is 3.16. The van der Waals surface area contributed by atoms with E-state index in [4.69, 9.17) is 5.11 Å². The van der Waals surface area contributed by atoms with Gasteiger partial charge in [0.15, 0.2) is 0 Å². The molecular weight excluding hydrogens is 258 g/mol. The maximum atomic E-state index is 12.4. The molecular formula is C14H25N3O3. The van der Waals surface area contributed by atoms with Crippen LogP contribution in [0.5, 0.6) is 0 Å². The monoisotopic (exact) mass is 283 g/mol. The first-order valence-electron chi connectivity index (χ1n) is 7.24. The molecule has 114 valence electrons. The van der Waals surface area contributed by atoms with Crippen LogP contribution < -0.4 is 0 Å². The van der Waals surface area contributed by atoms with Gasteiger partial charge in [-0.05, 0) is 20.0 Å². The van der Waals surface area contributed by atoms with Crippen molar-refractivity contribution in [3.63, 3.8) is 0 Å². The highest BCUT2D eigenvalue weighted by Gasteiger charge is 2.41. The molecule has 0 aliphatic carbocycles. The zero-order valence-corrected chi connectivity index (χ0v) is 12.7. The van der Waals surface area contributed by atoms with Crippen LogP contribution in [0, 0.1) is 17.8 Å². The summed E-state index contributed by atoms with van der Waals surface area (Å²) in [7, 11) is 4.09. The molecule has 20 heavy (non-hydrogen) atoms. The van der Waals surface area contributed by atoms with Crippen molar-refractivity contribution >= 4 is 12.0 Å². The van der Waals surface area contributed by atoms with Crippen molar-refractivity contribution in [1.82, 2.24) is 14.7 Å². The van der Waals surface area contributed by atoms with E-state index < -0.39 is 5.97 Å². The zero-order valence-electron chi connectivity index (χ0n) is 12.7. The minimum atomic E-state index is -0.774. The highest BCUT2D eigenvalue weighted by Crippen LogP contribution is 2.27. The average molecular weight is 283 g/mol. The van der Waals surface area contributed by atoms with E-state index in [9.17, 15) is 9.59 Å². The van der Waals surface area contributed by atoms with Crippen molar-refractivity contribution in [2.45, 2.75) is 19.9 Å². The van der Waals surface area contributed by atoms with Gasteiger partial charge in [0.2, 0.25) is 0 Å². The van der Waals surface area contributed by atoms with E-state index in [1.165, 1.54) is 0 Å². The molecule has 0 aromatic carbocycles. The van der Waals surface area contributed by atoms with Crippen LogP contribution in [0.4, 0.5) is 4.79 Å². The zero-order chi connectivity index (χ0) is 15.0. The predicted octanol–water partition coefficient (Wildman–Crippen LogP) is 0.641. The summed E-state index contributed by atoms with van der Waals surface area (Å²) < 4.78 is 0. The second kappa shape index (κ2) is 5.60. The first-order valence-corrected chi connectivity index (χ1v) is 7.24. The third-order valence-corrected chi connectivity index (χ3v) is 4.78. The van der Waals surface area contributed by atoms with E-state index in [-0.39, 0.29) is 17.9 Å². The third-order valence-electron chi connectivity index (χ3n) is 4.78. The first kappa shape index (κ1) is 15.1. The van der Waals surface area contributed by atoms with Gasteiger partial charge in [0.25, 0.3) is 0 Å². The van der Waals surface area contributed by atoms with Crippen LogP contribution in [-0.4, -0.2) is 78.1 Å². The lowest BCUT2D eigenvalue weighted by molar-refractivity contribution is -0.144. The Morgan fingerprint density at radius 1 is 1.15 bits per heavy atom. The molecule has 1 N–H and O–H groups in total. The minimum Gasteiger partial charge on any atom is -0.481 e. The molecule has 2 heterocycles. The van der Waals surface area contributed by atoms with Gasteiger partial charge in [-0.2, -0.15) is 0 Å². The van der Waals surface area contributed by atoms with Gasteiger partial charge in [-0.3, -0.25) is 4.79 Å². The van der Waals surface area contributed by atoms with E-state index in [0.29, 0.717) is 25.0 Å². The highest BCUT2D eigenvalue weighted by atomic mass is 16.4. The maximum Gasteiger partial charge on any atom is 0.320 e. The lowest BCUT2D eigenvalue weighted by Gasteiger charge is -2.42. The Morgan fingerprint density at radius 3 is 2.15 bits per heavy atom. The molecule has 6 nitrogen and oxygen atoms in total. The second-order valence-corrected chi connectivity index (χ2v) is 6.49. The number of carboxylic acid groups (broad SMARTS) is 1. The largest absolute Gasteiger partial charge is 0.481 e. The number of amides is 2. The minimum absolute atomic E-state index is 0.0649. The van der Waals surface area contributed by atoms with Crippen LogP contribution in [0.25, 0.3) is 0 Å². The average Bonchev–Trinajstić information content (AvgIpc) is 2.69. The van der Waals surface area contributed by atoms with Gasteiger partial charge in [-0.1, -0.05) is 13.8 Å².